The third-order valence-electron chi connectivity index (χ3n) is 4.31. The number of hydrogen-bond donors (Lipinski definition) is 1. The summed E-state index contributed by atoms with van der Waals surface area (Å²) in [7, 11) is 1.58. The van der Waals surface area contributed by atoms with Crippen molar-refractivity contribution in [1.82, 2.24) is 9.88 Å². The Morgan fingerprint density at radius 3 is 2.57 bits per heavy atom. The molecule has 1 aromatic heterocycles. The van der Waals surface area contributed by atoms with Gasteiger partial charge in [0.1, 0.15) is 10.6 Å². The molecule has 5 nitrogen and oxygen atoms in total. The van der Waals surface area contributed by atoms with Crippen molar-refractivity contribution >= 4 is 25.6 Å². The number of rotatable bonds is 4. The molecule has 116 valence electrons. The summed E-state index contributed by atoms with van der Waals surface area (Å²) in [5, 5.41) is 3.02. The molecule has 3 rings (SSSR count). The highest BCUT2D eigenvalue weighted by atomic mass is 35.7. The topological polar surface area (TPSA) is 68.2 Å². The van der Waals surface area contributed by atoms with Crippen molar-refractivity contribution in [1.29, 1.82) is 0 Å². The molecule has 1 heterocycles. The van der Waals surface area contributed by atoms with Gasteiger partial charge in [-0.3, -0.25) is 4.79 Å². The SMILES string of the molecule is CC1CCC(NC(=O)c2cc(S(=O)(=O)Cl)cn2C2CC2)C1. The van der Waals surface area contributed by atoms with Crippen LogP contribution in [0, 0.1) is 5.92 Å². The number of nitrogens with one attached hydrogen (secondary N) is 1. The molecule has 2 unspecified atom stereocenters. The van der Waals surface area contributed by atoms with E-state index in [1.807, 2.05) is 0 Å². The molecule has 0 aromatic carbocycles. The predicted molar refractivity (Wildman–Crippen MR) is 80.0 cm³/mol. The Morgan fingerprint density at radius 1 is 1.33 bits per heavy atom. The Bertz CT molecular complexity index is 664. The Balaban J connectivity index is 1.83. The first kappa shape index (κ1) is 14.9. The van der Waals surface area contributed by atoms with Gasteiger partial charge in [-0.1, -0.05) is 6.92 Å². The lowest BCUT2D eigenvalue weighted by atomic mass is 10.1. The van der Waals surface area contributed by atoms with E-state index in [1.54, 1.807) is 4.57 Å². The Labute approximate surface area is 129 Å². The summed E-state index contributed by atoms with van der Waals surface area (Å²) < 4.78 is 24.7. The van der Waals surface area contributed by atoms with Crippen molar-refractivity contribution < 1.29 is 13.2 Å². The molecule has 0 spiro atoms. The minimum absolute atomic E-state index is 0.000932. The van der Waals surface area contributed by atoms with Crippen molar-refractivity contribution in [3.8, 4) is 0 Å². The molecule has 1 N–H and O–H groups in total. The molecular formula is C14H19ClN2O3S. The van der Waals surface area contributed by atoms with Crippen LogP contribution in [0.25, 0.3) is 0 Å². The van der Waals surface area contributed by atoms with Crippen LogP contribution in [-0.4, -0.2) is 24.9 Å². The molecule has 2 atom stereocenters. The zero-order valence-corrected chi connectivity index (χ0v) is 13.5. The molecule has 21 heavy (non-hydrogen) atoms. The molecule has 0 radical (unpaired) electrons. The van der Waals surface area contributed by atoms with E-state index < -0.39 is 9.05 Å². The zero-order chi connectivity index (χ0) is 15.2. The van der Waals surface area contributed by atoms with Crippen LogP contribution in [-0.2, 0) is 9.05 Å². The van der Waals surface area contributed by atoms with Crippen molar-refractivity contribution in [2.24, 2.45) is 5.92 Å². The summed E-state index contributed by atoms with van der Waals surface area (Å²) in [6.45, 7) is 2.18. The lowest BCUT2D eigenvalue weighted by Gasteiger charge is -2.13. The molecule has 0 bridgehead atoms. The van der Waals surface area contributed by atoms with Gasteiger partial charge in [0.15, 0.2) is 0 Å². The average Bonchev–Trinajstić information content (AvgIpc) is 2.98. The van der Waals surface area contributed by atoms with E-state index in [-0.39, 0.29) is 22.9 Å². The normalized spacial score (nSPS) is 26.0. The number of amides is 1. The van der Waals surface area contributed by atoms with Gasteiger partial charge in [0.25, 0.3) is 15.0 Å². The highest BCUT2D eigenvalue weighted by molar-refractivity contribution is 8.13. The molecule has 1 amide bonds. The van der Waals surface area contributed by atoms with Crippen LogP contribution in [0.3, 0.4) is 0 Å². The van der Waals surface area contributed by atoms with Gasteiger partial charge >= 0.3 is 0 Å². The second kappa shape index (κ2) is 5.32. The fourth-order valence-electron chi connectivity index (χ4n) is 3.02. The van der Waals surface area contributed by atoms with Gasteiger partial charge in [0.05, 0.1) is 0 Å². The average molecular weight is 331 g/mol. The van der Waals surface area contributed by atoms with Crippen LogP contribution >= 0.6 is 10.7 Å². The maximum atomic E-state index is 12.4. The molecule has 0 saturated heterocycles. The minimum Gasteiger partial charge on any atom is -0.348 e. The van der Waals surface area contributed by atoms with Crippen LogP contribution in [0.15, 0.2) is 17.2 Å². The second-order valence-corrected chi connectivity index (χ2v) is 8.79. The first-order valence-electron chi connectivity index (χ1n) is 7.32. The van der Waals surface area contributed by atoms with E-state index in [1.165, 1.54) is 12.3 Å². The van der Waals surface area contributed by atoms with Gasteiger partial charge in [-0.15, -0.1) is 0 Å². The van der Waals surface area contributed by atoms with E-state index in [2.05, 4.69) is 12.2 Å². The summed E-state index contributed by atoms with van der Waals surface area (Å²) in [4.78, 5) is 12.4. The van der Waals surface area contributed by atoms with E-state index in [0.29, 0.717) is 11.6 Å². The Morgan fingerprint density at radius 2 is 2.05 bits per heavy atom. The molecule has 0 aliphatic heterocycles. The van der Waals surface area contributed by atoms with Crippen molar-refractivity contribution in [3.05, 3.63) is 18.0 Å². The van der Waals surface area contributed by atoms with E-state index in [9.17, 15) is 13.2 Å². The third kappa shape index (κ3) is 3.26. The van der Waals surface area contributed by atoms with Crippen LogP contribution in [0.1, 0.15) is 55.6 Å². The summed E-state index contributed by atoms with van der Waals surface area (Å²) in [5.41, 5.74) is 0.399. The van der Waals surface area contributed by atoms with Gasteiger partial charge in [-0.05, 0) is 44.1 Å². The summed E-state index contributed by atoms with van der Waals surface area (Å²) in [5.74, 6) is 0.428. The predicted octanol–water partition coefficient (Wildman–Crippen LogP) is 2.67. The Kier molecular flexibility index (Phi) is 3.78. The highest BCUT2D eigenvalue weighted by Gasteiger charge is 2.31. The van der Waals surface area contributed by atoms with E-state index in [4.69, 9.17) is 10.7 Å². The van der Waals surface area contributed by atoms with E-state index >= 15 is 0 Å². The fourth-order valence-corrected chi connectivity index (χ4v) is 3.77. The smallest absolute Gasteiger partial charge is 0.268 e. The standard InChI is InChI=1S/C14H19ClN2O3S/c1-9-2-3-10(6-9)16-14(18)13-7-12(21(15,19)20)8-17(13)11-4-5-11/h7-11H,2-6H2,1H3,(H,16,18). The molecule has 2 aliphatic rings. The summed E-state index contributed by atoms with van der Waals surface area (Å²) in [6, 6.07) is 1.79. The van der Waals surface area contributed by atoms with Crippen molar-refractivity contribution in [2.75, 3.05) is 0 Å². The van der Waals surface area contributed by atoms with Gasteiger partial charge in [-0.2, -0.15) is 0 Å². The lowest BCUT2D eigenvalue weighted by molar-refractivity contribution is 0.0927. The Hall–Kier alpha value is -1.01. The quantitative estimate of drug-likeness (QED) is 0.863. The molecule has 1 aromatic rings. The summed E-state index contributed by atoms with van der Waals surface area (Å²) >= 11 is 0. The van der Waals surface area contributed by atoms with Gasteiger partial charge in [-0.25, -0.2) is 8.42 Å². The lowest BCUT2D eigenvalue weighted by Crippen LogP contribution is -2.34. The fraction of sp³-hybridized carbons (Fsp3) is 0.643. The number of halogens is 1. The van der Waals surface area contributed by atoms with Crippen LogP contribution in [0.5, 0.6) is 0 Å². The summed E-state index contributed by atoms with van der Waals surface area (Å²) in [6.07, 6.45) is 6.50. The highest BCUT2D eigenvalue weighted by Crippen LogP contribution is 2.37. The third-order valence-corrected chi connectivity index (χ3v) is 5.63. The van der Waals surface area contributed by atoms with Crippen molar-refractivity contribution in [2.45, 2.75) is 56.0 Å². The largest absolute Gasteiger partial charge is 0.348 e. The maximum Gasteiger partial charge on any atom is 0.268 e. The van der Waals surface area contributed by atoms with Gasteiger partial charge in [0, 0.05) is 29.0 Å². The number of carbonyl (C=O) groups excluding carboxylic acids is 1. The molecule has 2 fully saturated rings. The van der Waals surface area contributed by atoms with Gasteiger partial charge in [0.2, 0.25) is 0 Å². The van der Waals surface area contributed by atoms with E-state index in [0.717, 1.165) is 32.1 Å². The first-order valence-corrected chi connectivity index (χ1v) is 9.63. The van der Waals surface area contributed by atoms with Gasteiger partial charge < -0.3 is 9.88 Å². The number of carbonyl (C=O) groups is 1. The van der Waals surface area contributed by atoms with Crippen LogP contribution in [0.4, 0.5) is 0 Å². The number of aromatic nitrogens is 1. The molecule has 7 heteroatoms. The number of nitrogens with zero attached hydrogens (tertiary/aromatic N) is 1. The van der Waals surface area contributed by atoms with Crippen LogP contribution < -0.4 is 5.32 Å². The molecular weight excluding hydrogens is 312 g/mol. The second-order valence-electron chi connectivity index (χ2n) is 6.23. The monoisotopic (exact) mass is 330 g/mol. The maximum absolute atomic E-state index is 12.4. The van der Waals surface area contributed by atoms with Crippen LogP contribution in [0.2, 0.25) is 0 Å². The number of hydrogen-bond acceptors (Lipinski definition) is 3. The molecule has 2 aliphatic carbocycles. The molecule has 2 saturated carbocycles. The first-order chi connectivity index (χ1) is 9.84. The zero-order valence-electron chi connectivity index (χ0n) is 11.9. The minimum atomic E-state index is -3.81. The van der Waals surface area contributed by atoms with Crippen molar-refractivity contribution in [3.63, 3.8) is 0 Å².